The van der Waals surface area contributed by atoms with Gasteiger partial charge in [-0.1, -0.05) is 0 Å². The van der Waals surface area contributed by atoms with Crippen LogP contribution >= 0.6 is 11.3 Å². The predicted molar refractivity (Wildman–Crippen MR) is 86.2 cm³/mol. The number of rotatable bonds is 3. The maximum absolute atomic E-state index is 12.4. The van der Waals surface area contributed by atoms with E-state index in [9.17, 15) is 4.79 Å². The molecule has 7 nitrogen and oxygen atoms in total. The van der Waals surface area contributed by atoms with Crippen LogP contribution in [0.5, 0.6) is 0 Å². The number of hydrogen-bond donors (Lipinski definition) is 2. The number of aryl methyl sites for hydroxylation is 2. The van der Waals surface area contributed by atoms with Crippen molar-refractivity contribution < 1.29 is 4.79 Å². The first-order valence-electron chi connectivity index (χ1n) is 7.45. The lowest BCUT2D eigenvalue weighted by atomic mass is 9.93. The molecule has 0 saturated carbocycles. The molecule has 1 aliphatic carbocycles. The van der Waals surface area contributed by atoms with E-state index in [2.05, 4.69) is 25.6 Å². The fourth-order valence-corrected chi connectivity index (χ4v) is 3.62. The molecule has 3 heterocycles. The second kappa shape index (κ2) is 5.62. The van der Waals surface area contributed by atoms with Gasteiger partial charge in [0.1, 0.15) is 10.7 Å². The van der Waals surface area contributed by atoms with Crippen LogP contribution in [0, 0.1) is 0 Å². The van der Waals surface area contributed by atoms with Crippen LogP contribution in [0.1, 0.15) is 28.2 Å². The largest absolute Gasteiger partial charge is 0.348 e. The molecule has 1 amide bonds. The number of aromatic nitrogens is 5. The minimum Gasteiger partial charge on any atom is -0.348 e. The lowest BCUT2D eigenvalue weighted by molar-refractivity contribution is 0.0929. The highest BCUT2D eigenvalue weighted by Crippen LogP contribution is 2.23. The molecular formula is C15H16N6OS. The molecule has 0 fully saturated rings. The molecule has 1 unspecified atom stereocenters. The van der Waals surface area contributed by atoms with Gasteiger partial charge < -0.3 is 5.32 Å². The summed E-state index contributed by atoms with van der Waals surface area (Å²) in [6.45, 7) is 0. The molecule has 1 atom stereocenters. The number of amides is 1. The smallest absolute Gasteiger partial charge is 0.271 e. The van der Waals surface area contributed by atoms with Crippen LogP contribution in [0.15, 0.2) is 24.0 Å². The topological polar surface area (TPSA) is 88.5 Å². The molecule has 0 spiro atoms. The zero-order chi connectivity index (χ0) is 15.8. The summed E-state index contributed by atoms with van der Waals surface area (Å²) >= 11 is 1.46. The summed E-state index contributed by atoms with van der Waals surface area (Å²) < 4.78 is 1.72. The van der Waals surface area contributed by atoms with E-state index in [1.807, 2.05) is 19.4 Å². The third-order valence-electron chi connectivity index (χ3n) is 4.04. The first-order chi connectivity index (χ1) is 11.2. The molecule has 4 rings (SSSR count). The molecule has 8 heteroatoms. The summed E-state index contributed by atoms with van der Waals surface area (Å²) in [7, 11) is 1.86. The quantitative estimate of drug-likeness (QED) is 0.763. The average Bonchev–Trinajstić information content (AvgIpc) is 3.26. The number of fused-ring (bicyclic) bond motifs is 1. The summed E-state index contributed by atoms with van der Waals surface area (Å²) in [5, 5.41) is 16.9. The predicted octanol–water partition coefficient (Wildman–Crippen LogP) is 1.55. The van der Waals surface area contributed by atoms with Gasteiger partial charge in [0.05, 0.1) is 12.4 Å². The highest BCUT2D eigenvalue weighted by Gasteiger charge is 2.23. The highest BCUT2D eigenvalue weighted by atomic mass is 32.1. The zero-order valence-electron chi connectivity index (χ0n) is 12.6. The fourth-order valence-electron chi connectivity index (χ4n) is 2.84. The Kier molecular flexibility index (Phi) is 3.45. The molecule has 0 aliphatic heterocycles. The Bertz CT molecular complexity index is 848. The number of nitrogens with one attached hydrogen (secondary N) is 2. The second-order valence-corrected chi connectivity index (χ2v) is 6.59. The van der Waals surface area contributed by atoms with Crippen molar-refractivity contribution in [1.29, 1.82) is 0 Å². The lowest BCUT2D eigenvalue weighted by Crippen LogP contribution is -2.38. The van der Waals surface area contributed by atoms with Crippen molar-refractivity contribution in [2.75, 3.05) is 0 Å². The van der Waals surface area contributed by atoms with E-state index in [1.54, 1.807) is 16.3 Å². The molecule has 0 aromatic carbocycles. The highest BCUT2D eigenvalue weighted by molar-refractivity contribution is 7.13. The summed E-state index contributed by atoms with van der Waals surface area (Å²) in [5.41, 5.74) is 3.77. The van der Waals surface area contributed by atoms with Gasteiger partial charge in [-0.15, -0.1) is 11.3 Å². The first-order valence-corrected chi connectivity index (χ1v) is 8.33. The third-order valence-corrected chi connectivity index (χ3v) is 4.93. The third kappa shape index (κ3) is 2.77. The van der Waals surface area contributed by atoms with Crippen LogP contribution < -0.4 is 5.32 Å². The normalized spacial score (nSPS) is 17.0. The molecule has 0 bridgehead atoms. The monoisotopic (exact) mass is 328 g/mol. The van der Waals surface area contributed by atoms with Crippen molar-refractivity contribution in [2.24, 2.45) is 7.05 Å². The van der Waals surface area contributed by atoms with E-state index in [0.29, 0.717) is 5.69 Å². The molecule has 0 saturated heterocycles. The van der Waals surface area contributed by atoms with Crippen molar-refractivity contribution in [3.05, 3.63) is 40.9 Å². The summed E-state index contributed by atoms with van der Waals surface area (Å²) in [4.78, 5) is 16.8. The van der Waals surface area contributed by atoms with Gasteiger partial charge in [0.15, 0.2) is 0 Å². The Labute approximate surface area is 136 Å². The van der Waals surface area contributed by atoms with E-state index in [4.69, 9.17) is 0 Å². The number of hydrogen-bond acceptors (Lipinski definition) is 5. The van der Waals surface area contributed by atoms with Gasteiger partial charge in [-0.3, -0.25) is 14.6 Å². The van der Waals surface area contributed by atoms with E-state index in [0.717, 1.165) is 29.8 Å². The minimum atomic E-state index is -0.117. The van der Waals surface area contributed by atoms with Crippen molar-refractivity contribution in [3.63, 3.8) is 0 Å². The number of H-pyrrole nitrogens is 1. The van der Waals surface area contributed by atoms with Gasteiger partial charge in [0, 0.05) is 35.9 Å². The zero-order valence-corrected chi connectivity index (χ0v) is 13.4. The van der Waals surface area contributed by atoms with Gasteiger partial charge >= 0.3 is 0 Å². The van der Waals surface area contributed by atoms with E-state index < -0.39 is 0 Å². The summed E-state index contributed by atoms with van der Waals surface area (Å²) in [6.07, 6.45) is 8.14. The van der Waals surface area contributed by atoms with Crippen LogP contribution in [-0.4, -0.2) is 36.9 Å². The Morgan fingerprint density at radius 1 is 1.48 bits per heavy atom. The maximum atomic E-state index is 12.4. The van der Waals surface area contributed by atoms with Crippen LogP contribution in [0.4, 0.5) is 0 Å². The van der Waals surface area contributed by atoms with Gasteiger partial charge in [0.2, 0.25) is 0 Å². The van der Waals surface area contributed by atoms with E-state index >= 15 is 0 Å². The van der Waals surface area contributed by atoms with Gasteiger partial charge in [-0.05, 0) is 24.8 Å². The van der Waals surface area contributed by atoms with Gasteiger partial charge in [-0.25, -0.2) is 4.98 Å². The second-order valence-electron chi connectivity index (χ2n) is 5.73. The first kappa shape index (κ1) is 14.1. The molecule has 0 radical (unpaired) electrons. The summed E-state index contributed by atoms with van der Waals surface area (Å²) in [5.74, 6) is -0.117. The average molecular weight is 328 g/mol. The van der Waals surface area contributed by atoms with Gasteiger partial charge in [0.25, 0.3) is 5.91 Å². The number of carbonyl (C=O) groups is 1. The van der Waals surface area contributed by atoms with Crippen LogP contribution in [0.2, 0.25) is 0 Å². The van der Waals surface area contributed by atoms with Crippen molar-refractivity contribution in [2.45, 2.75) is 25.3 Å². The van der Waals surface area contributed by atoms with E-state index in [1.165, 1.54) is 22.6 Å². The van der Waals surface area contributed by atoms with Crippen LogP contribution in [0.3, 0.4) is 0 Å². The van der Waals surface area contributed by atoms with Crippen molar-refractivity contribution >= 4 is 17.2 Å². The number of nitrogens with zero attached hydrogens (tertiary/aromatic N) is 4. The number of thiazole rings is 1. The van der Waals surface area contributed by atoms with E-state index in [-0.39, 0.29) is 11.9 Å². The fraction of sp³-hybridized carbons (Fsp3) is 0.333. The number of carbonyl (C=O) groups excluding carboxylic acids is 1. The van der Waals surface area contributed by atoms with Crippen LogP contribution in [0.25, 0.3) is 10.6 Å². The lowest BCUT2D eigenvalue weighted by Gasteiger charge is -2.22. The molecule has 2 N–H and O–H groups in total. The molecular weight excluding hydrogens is 312 g/mol. The van der Waals surface area contributed by atoms with Gasteiger partial charge in [-0.2, -0.15) is 10.2 Å². The Hall–Kier alpha value is -2.48. The number of aromatic amines is 1. The van der Waals surface area contributed by atoms with Crippen LogP contribution in [-0.2, 0) is 19.9 Å². The van der Waals surface area contributed by atoms with Crippen molar-refractivity contribution in [1.82, 2.24) is 30.3 Å². The Balaban J connectivity index is 1.45. The summed E-state index contributed by atoms with van der Waals surface area (Å²) in [6, 6.07) is 0.135. The standard InChI is InChI=1S/C15H16N6OS/c1-21-7-10(6-17-21)15-19-13(8-23-15)14(22)18-11-2-3-12-9(4-11)5-16-20-12/h5-8,11H,2-4H2,1H3,(H,16,20)(H,18,22). The molecule has 3 aromatic rings. The molecule has 1 aliphatic rings. The molecule has 118 valence electrons. The maximum Gasteiger partial charge on any atom is 0.271 e. The Morgan fingerprint density at radius 2 is 2.39 bits per heavy atom. The SMILES string of the molecule is Cn1cc(-c2nc(C(=O)NC3CCc4[nH]ncc4C3)cs2)cn1. The Morgan fingerprint density at radius 3 is 3.22 bits per heavy atom. The minimum absolute atomic E-state index is 0.117. The molecule has 23 heavy (non-hydrogen) atoms. The molecule has 3 aromatic heterocycles. The van der Waals surface area contributed by atoms with Crippen molar-refractivity contribution in [3.8, 4) is 10.6 Å².